The second kappa shape index (κ2) is 6.23. The summed E-state index contributed by atoms with van der Waals surface area (Å²) in [5.41, 5.74) is 7.43. The van der Waals surface area contributed by atoms with Crippen molar-refractivity contribution in [2.75, 3.05) is 25.9 Å². The molecule has 6 nitrogen and oxygen atoms in total. The van der Waals surface area contributed by atoms with Gasteiger partial charge in [0.25, 0.3) is 0 Å². The van der Waals surface area contributed by atoms with Gasteiger partial charge in [0, 0.05) is 13.6 Å². The maximum atomic E-state index is 12.7. The lowest BCUT2D eigenvalue weighted by Crippen LogP contribution is -2.40. The van der Waals surface area contributed by atoms with Crippen LogP contribution in [0.25, 0.3) is 0 Å². The molecule has 0 aliphatic carbocycles. The summed E-state index contributed by atoms with van der Waals surface area (Å²) in [4.78, 5) is 11.5. The number of aryl methyl sites for hydroxylation is 2. The van der Waals surface area contributed by atoms with Crippen LogP contribution in [0.4, 0.5) is 5.69 Å². The van der Waals surface area contributed by atoms with E-state index in [2.05, 4.69) is 5.32 Å². The lowest BCUT2D eigenvalue weighted by atomic mass is 10.1. The average Bonchev–Trinajstić information content (AvgIpc) is 2.39. The summed E-state index contributed by atoms with van der Waals surface area (Å²) >= 11 is 0. The minimum Gasteiger partial charge on any atom is -0.397 e. The monoisotopic (exact) mass is 299 g/mol. The van der Waals surface area contributed by atoms with Crippen LogP contribution in [0.15, 0.2) is 17.0 Å². The topological polar surface area (TPSA) is 92.5 Å². The molecular weight excluding hydrogens is 278 g/mol. The summed E-state index contributed by atoms with van der Waals surface area (Å²) in [6, 6.07) is 3.49. The molecule has 3 N–H and O–H groups in total. The minimum atomic E-state index is -3.79. The van der Waals surface area contributed by atoms with E-state index >= 15 is 0 Å². The Morgan fingerprint density at radius 3 is 2.35 bits per heavy atom. The van der Waals surface area contributed by atoms with Gasteiger partial charge in [-0.3, -0.25) is 4.79 Å². The van der Waals surface area contributed by atoms with Gasteiger partial charge in [-0.15, -0.1) is 0 Å². The highest BCUT2D eigenvalue weighted by Crippen LogP contribution is 2.28. The molecule has 0 fully saturated rings. The number of nitrogens with zero attached hydrogens (tertiary/aromatic N) is 1. The molecule has 20 heavy (non-hydrogen) atoms. The molecule has 0 saturated carbocycles. The van der Waals surface area contributed by atoms with Crippen LogP contribution < -0.4 is 11.1 Å². The summed E-state index contributed by atoms with van der Waals surface area (Å²) in [6.45, 7) is 5.10. The van der Waals surface area contributed by atoms with Crippen molar-refractivity contribution in [3.05, 3.63) is 23.3 Å². The lowest BCUT2D eigenvalue weighted by Gasteiger charge is -2.22. The lowest BCUT2D eigenvalue weighted by molar-refractivity contribution is -0.120. The predicted molar refractivity (Wildman–Crippen MR) is 78.8 cm³/mol. The molecule has 0 bridgehead atoms. The van der Waals surface area contributed by atoms with Crippen molar-refractivity contribution in [3.8, 4) is 0 Å². The second-order valence-electron chi connectivity index (χ2n) is 4.55. The molecule has 0 aliphatic heterocycles. The van der Waals surface area contributed by atoms with Gasteiger partial charge in [-0.05, 0) is 25.0 Å². The maximum Gasteiger partial charge on any atom is 0.245 e. The zero-order valence-corrected chi connectivity index (χ0v) is 13.0. The molecule has 1 amide bonds. The molecule has 0 unspecified atom stereocenters. The van der Waals surface area contributed by atoms with Crippen LogP contribution in [0.1, 0.15) is 18.1 Å². The fourth-order valence-electron chi connectivity index (χ4n) is 1.88. The van der Waals surface area contributed by atoms with Gasteiger partial charge in [-0.2, -0.15) is 4.31 Å². The van der Waals surface area contributed by atoms with Gasteiger partial charge in [0.2, 0.25) is 15.9 Å². The number of carbonyl (C=O) groups is 1. The smallest absolute Gasteiger partial charge is 0.245 e. The van der Waals surface area contributed by atoms with Crippen molar-refractivity contribution in [3.63, 3.8) is 0 Å². The van der Waals surface area contributed by atoms with Crippen LogP contribution in [-0.4, -0.2) is 38.8 Å². The van der Waals surface area contributed by atoms with Crippen molar-refractivity contribution < 1.29 is 13.2 Å². The van der Waals surface area contributed by atoms with Crippen molar-refractivity contribution in [2.45, 2.75) is 25.7 Å². The molecule has 7 heteroatoms. The third kappa shape index (κ3) is 3.10. The zero-order chi connectivity index (χ0) is 15.5. The van der Waals surface area contributed by atoms with Crippen LogP contribution in [0.2, 0.25) is 0 Å². The highest BCUT2D eigenvalue weighted by molar-refractivity contribution is 7.89. The van der Waals surface area contributed by atoms with Gasteiger partial charge >= 0.3 is 0 Å². The molecule has 1 aromatic rings. The Hall–Kier alpha value is -1.60. The summed E-state index contributed by atoms with van der Waals surface area (Å²) in [7, 11) is -2.33. The number of amides is 1. The van der Waals surface area contributed by atoms with E-state index in [0.29, 0.717) is 11.1 Å². The fraction of sp³-hybridized carbons (Fsp3) is 0.462. The molecule has 0 radical (unpaired) electrons. The van der Waals surface area contributed by atoms with Crippen molar-refractivity contribution in [2.24, 2.45) is 0 Å². The average molecular weight is 299 g/mol. The molecule has 1 rings (SSSR count). The van der Waals surface area contributed by atoms with Crippen molar-refractivity contribution in [1.82, 2.24) is 9.62 Å². The van der Waals surface area contributed by atoms with Gasteiger partial charge in [0.05, 0.1) is 12.2 Å². The van der Waals surface area contributed by atoms with E-state index < -0.39 is 10.0 Å². The number of likely N-dealkylation sites (N-methyl/N-ethyl adjacent to an activating group) is 2. The number of anilines is 1. The van der Waals surface area contributed by atoms with Crippen LogP contribution in [0.3, 0.4) is 0 Å². The fourth-order valence-corrected chi connectivity index (χ4v) is 3.68. The van der Waals surface area contributed by atoms with Crippen molar-refractivity contribution >= 4 is 21.6 Å². The van der Waals surface area contributed by atoms with E-state index in [1.807, 2.05) is 0 Å². The van der Waals surface area contributed by atoms with Crippen molar-refractivity contribution in [1.29, 1.82) is 0 Å². The number of hydrogen-bond donors (Lipinski definition) is 2. The van der Waals surface area contributed by atoms with E-state index in [0.717, 1.165) is 4.31 Å². The van der Waals surface area contributed by atoms with Gasteiger partial charge in [0.15, 0.2) is 0 Å². The molecule has 112 valence electrons. The Morgan fingerprint density at radius 1 is 1.30 bits per heavy atom. The Labute approximate surface area is 120 Å². The van der Waals surface area contributed by atoms with Gasteiger partial charge in [0.1, 0.15) is 4.90 Å². The predicted octanol–water partition coefficient (Wildman–Crippen LogP) is 0.642. The molecule has 0 saturated heterocycles. The third-order valence-electron chi connectivity index (χ3n) is 3.16. The molecule has 0 atom stereocenters. The second-order valence-corrected chi connectivity index (χ2v) is 6.42. The first-order valence-corrected chi connectivity index (χ1v) is 7.76. The number of benzene rings is 1. The first kappa shape index (κ1) is 16.5. The van der Waals surface area contributed by atoms with Crippen LogP contribution in [-0.2, 0) is 14.8 Å². The van der Waals surface area contributed by atoms with Crippen LogP contribution in [0.5, 0.6) is 0 Å². The van der Waals surface area contributed by atoms with E-state index in [1.54, 1.807) is 32.9 Å². The molecule has 0 aromatic heterocycles. The summed E-state index contributed by atoms with van der Waals surface area (Å²) in [6.07, 6.45) is 0. The summed E-state index contributed by atoms with van der Waals surface area (Å²) < 4.78 is 26.5. The summed E-state index contributed by atoms with van der Waals surface area (Å²) in [5.74, 6) is -0.362. The van der Waals surface area contributed by atoms with E-state index in [-0.39, 0.29) is 29.6 Å². The minimum absolute atomic E-state index is 0.0863. The largest absolute Gasteiger partial charge is 0.397 e. The van der Waals surface area contributed by atoms with Gasteiger partial charge in [-0.25, -0.2) is 8.42 Å². The Morgan fingerprint density at radius 2 is 1.85 bits per heavy atom. The first-order chi connectivity index (χ1) is 9.25. The number of nitrogens with two attached hydrogens (primary N) is 1. The quantitative estimate of drug-likeness (QED) is 0.780. The number of hydrogen-bond acceptors (Lipinski definition) is 4. The number of nitrogen functional groups attached to an aromatic ring is 1. The normalized spacial score (nSPS) is 11.7. The number of carbonyl (C=O) groups excluding carboxylic acids is 1. The van der Waals surface area contributed by atoms with E-state index in [1.165, 1.54) is 7.05 Å². The highest BCUT2D eigenvalue weighted by atomic mass is 32.2. The molecule has 1 aromatic carbocycles. The standard InChI is InChI=1S/C13H21N3O3S/c1-5-16(8-11(17)15-4)20(18,19)13-10(3)7-6-9(2)12(13)14/h6-7H,5,8,14H2,1-4H3,(H,15,17). The Kier molecular flexibility index (Phi) is 5.13. The number of rotatable bonds is 5. The SMILES string of the molecule is CCN(CC(=O)NC)S(=O)(=O)c1c(C)ccc(C)c1N. The molecule has 0 spiro atoms. The zero-order valence-electron chi connectivity index (χ0n) is 12.2. The maximum absolute atomic E-state index is 12.7. The number of sulfonamides is 1. The molecule has 0 aliphatic rings. The highest BCUT2D eigenvalue weighted by Gasteiger charge is 2.29. The van der Waals surface area contributed by atoms with E-state index in [9.17, 15) is 13.2 Å². The van der Waals surface area contributed by atoms with Crippen LogP contribution in [0, 0.1) is 13.8 Å². The number of nitrogens with one attached hydrogen (secondary N) is 1. The first-order valence-electron chi connectivity index (χ1n) is 6.32. The van der Waals surface area contributed by atoms with Gasteiger partial charge in [-0.1, -0.05) is 19.1 Å². The molecule has 0 heterocycles. The van der Waals surface area contributed by atoms with E-state index in [4.69, 9.17) is 5.73 Å². The Balaban J connectivity index is 3.35. The third-order valence-corrected chi connectivity index (χ3v) is 5.29. The summed E-state index contributed by atoms with van der Waals surface area (Å²) in [5, 5.41) is 2.42. The Bertz CT molecular complexity index is 612. The molecular formula is C13H21N3O3S. The van der Waals surface area contributed by atoms with Gasteiger partial charge < -0.3 is 11.1 Å². The van der Waals surface area contributed by atoms with Crippen LogP contribution >= 0.6 is 0 Å².